The van der Waals surface area contributed by atoms with Gasteiger partial charge in [0.15, 0.2) is 0 Å². The number of halogens is 3. The summed E-state index contributed by atoms with van der Waals surface area (Å²) >= 11 is 0. The quantitative estimate of drug-likeness (QED) is 0.597. The van der Waals surface area contributed by atoms with Crippen LogP contribution in [0.15, 0.2) is 53.3 Å². The standard InChI is InChI=1S/C24H26F3N5O2/c25-24(26,27)17-5-3-6-18(15-17)32-16-28-21(33)23(32)9-13-30(14-10-23)11-4-12-31-20-8-2-1-7-19(20)29-22(31)34/h1-3,5-8,15H,4,9-14,16H2,(H,28,33)(H,29,34). The molecule has 1 amide bonds. The van der Waals surface area contributed by atoms with E-state index in [2.05, 4.69) is 15.2 Å². The number of hydrogen-bond acceptors (Lipinski definition) is 4. The number of H-pyrrole nitrogens is 1. The maximum atomic E-state index is 13.2. The largest absolute Gasteiger partial charge is 0.416 e. The number of fused-ring (bicyclic) bond motifs is 1. The summed E-state index contributed by atoms with van der Waals surface area (Å²) in [6, 6.07) is 12.8. The minimum atomic E-state index is -4.43. The number of rotatable bonds is 5. The number of alkyl halides is 3. The zero-order valence-electron chi connectivity index (χ0n) is 18.6. The zero-order valence-corrected chi connectivity index (χ0v) is 18.6. The molecule has 0 saturated carbocycles. The van der Waals surface area contributed by atoms with Gasteiger partial charge in [0, 0.05) is 25.3 Å². The van der Waals surface area contributed by atoms with Gasteiger partial charge >= 0.3 is 11.9 Å². The second-order valence-electron chi connectivity index (χ2n) is 8.97. The third-order valence-corrected chi connectivity index (χ3v) is 7.04. The van der Waals surface area contributed by atoms with Gasteiger partial charge in [-0.2, -0.15) is 13.2 Å². The van der Waals surface area contributed by atoms with E-state index in [1.54, 1.807) is 15.5 Å². The van der Waals surface area contributed by atoms with Crippen LogP contribution in [-0.4, -0.2) is 52.2 Å². The van der Waals surface area contributed by atoms with Gasteiger partial charge in [-0.1, -0.05) is 18.2 Å². The SMILES string of the molecule is O=C1NCN(c2cccc(C(F)(F)F)c2)C12CCN(CCCn1c(=O)[nH]c3ccccc31)CC2. The van der Waals surface area contributed by atoms with Gasteiger partial charge in [0.2, 0.25) is 5.91 Å². The number of aryl methyl sites for hydroxylation is 1. The molecule has 3 heterocycles. The van der Waals surface area contributed by atoms with E-state index in [1.165, 1.54) is 6.07 Å². The highest BCUT2D eigenvalue weighted by Crippen LogP contribution is 2.38. The van der Waals surface area contributed by atoms with Crippen molar-refractivity contribution in [2.24, 2.45) is 0 Å². The Morgan fingerprint density at radius 2 is 1.74 bits per heavy atom. The van der Waals surface area contributed by atoms with Crippen molar-refractivity contribution in [2.75, 3.05) is 31.2 Å². The second-order valence-corrected chi connectivity index (χ2v) is 8.97. The molecular formula is C24H26F3N5O2. The number of nitrogens with one attached hydrogen (secondary N) is 2. The van der Waals surface area contributed by atoms with Gasteiger partial charge in [0.05, 0.1) is 23.3 Å². The van der Waals surface area contributed by atoms with Crippen LogP contribution in [-0.2, 0) is 17.5 Å². The number of nitrogens with zero attached hydrogens (tertiary/aromatic N) is 3. The van der Waals surface area contributed by atoms with Gasteiger partial charge in [-0.25, -0.2) is 4.79 Å². The molecule has 2 aromatic carbocycles. The van der Waals surface area contributed by atoms with Crippen LogP contribution in [0.25, 0.3) is 11.0 Å². The van der Waals surface area contributed by atoms with Crippen LogP contribution in [0, 0.1) is 0 Å². The van der Waals surface area contributed by atoms with Crippen LogP contribution in [0.4, 0.5) is 18.9 Å². The Kier molecular flexibility index (Phi) is 5.63. The van der Waals surface area contributed by atoms with Crippen molar-refractivity contribution in [3.63, 3.8) is 0 Å². The van der Waals surface area contributed by atoms with Crippen LogP contribution in [0.5, 0.6) is 0 Å². The maximum absolute atomic E-state index is 13.2. The number of aromatic amines is 1. The van der Waals surface area contributed by atoms with E-state index in [1.807, 2.05) is 24.3 Å². The minimum Gasteiger partial charge on any atom is -0.339 e. The van der Waals surface area contributed by atoms with Crippen LogP contribution in [0.2, 0.25) is 0 Å². The Morgan fingerprint density at radius 1 is 0.971 bits per heavy atom. The lowest BCUT2D eigenvalue weighted by Gasteiger charge is -2.43. The van der Waals surface area contributed by atoms with E-state index in [-0.39, 0.29) is 18.3 Å². The van der Waals surface area contributed by atoms with E-state index in [9.17, 15) is 22.8 Å². The lowest BCUT2D eigenvalue weighted by Crippen LogP contribution is -2.56. The van der Waals surface area contributed by atoms with Crippen molar-refractivity contribution >= 4 is 22.6 Å². The highest BCUT2D eigenvalue weighted by atomic mass is 19.4. The summed E-state index contributed by atoms with van der Waals surface area (Å²) in [6.45, 7) is 2.87. The average Bonchev–Trinajstić information content (AvgIpc) is 3.31. The fourth-order valence-electron chi connectivity index (χ4n) is 5.20. The number of carbonyl (C=O) groups is 1. The van der Waals surface area contributed by atoms with Gasteiger partial charge in [-0.05, 0) is 56.1 Å². The Balaban J connectivity index is 1.24. The van der Waals surface area contributed by atoms with E-state index in [4.69, 9.17) is 0 Å². The molecule has 2 aliphatic heterocycles. The highest BCUT2D eigenvalue weighted by Gasteiger charge is 2.50. The average molecular weight is 473 g/mol. The van der Waals surface area contributed by atoms with Gasteiger partial charge in [-0.15, -0.1) is 0 Å². The van der Waals surface area contributed by atoms with Crippen molar-refractivity contribution in [1.29, 1.82) is 0 Å². The smallest absolute Gasteiger partial charge is 0.339 e. The summed E-state index contributed by atoms with van der Waals surface area (Å²) in [5, 5.41) is 2.83. The summed E-state index contributed by atoms with van der Waals surface area (Å²) in [4.78, 5) is 32.0. The van der Waals surface area contributed by atoms with Gasteiger partial charge in [0.1, 0.15) is 5.54 Å². The summed E-state index contributed by atoms with van der Waals surface area (Å²) < 4.78 is 41.4. The number of amides is 1. The summed E-state index contributed by atoms with van der Waals surface area (Å²) in [5.74, 6) is -0.130. The molecule has 0 radical (unpaired) electrons. The Hall–Kier alpha value is -3.27. The molecule has 2 saturated heterocycles. The molecule has 180 valence electrons. The molecule has 1 spiro atoms. The zero-order chi connectivity index (χ0) is 23.9. The number of anilines is 1. The van der Waals surface area contributed by atoms with Crippen LogP contribution in [0.1, 0.15) is 24.8 Å². The van der Waals surface area contributed by atoms with E-state index >= 15 is 0 Å². The molecule has 0 unspecified atom stereocenters. The molecule has 0 aliphatic carbocycles. The topological polar surface area (TPSA) is 73.4 Å². The molecule has 7 nitrogen and oxygen atoms in total. The van der Waals surface area contributed by atoms with Gasteiger partial charge < -0.3 is 20.1 Å². The number of likely N-dealkylation sites (tertiary alicyclic amines) is 1. The van der Waals surface area contributed by atoms with E-state index in [0.29, 0.717) is 38.2 Å². The molecule has 2 aliphatic rings. The van der Waals surface area contributed by atoms with Crippen molar-refractivity contribution in [2.45, 2.75) is 37.5 Å². The lowest BCUT2D eigenvalue weighted by atomic mass is 9.85. The second kappa shape index (κ2) is 8.50. The van der Waals surface area contributed by atoms with Crippen LogP contribution in [0.3, 0.4) is 0 Å². The molecule has 0 atom stereocenters. The Morgan fingerprint density at radius 3 is 2.50 bits per heavy atom. The summed E-state index contributed by atoms with van der Waals surface area (Å²) in [6.07, 6.45) is -2.60. The number of carbonyl (C=O) groups excluding carboxylic acids is 1. The molecule has 0 bridgehead atoms. The summed E-state index contributed by atoms with van der Waals surface area (Å²) in [7, 11) is 0. The lowest BCUT2D eigenvalue weighted by molar-refractivity contribution is -0.137. The molecule has 2 N–H and O–H groups in total. The normalized spacial score (nSPS) is 18.7. The first-order chi connectivity index (χ1) is 16.3. The predicted molar refractivity (Wildman–Crippen MR) is 123 cm³/mol. The third-order valence-electron chi connectivity index (χ3n) is 7.04. The monoisotopic (exact) mass is 473 g/mol. The van der Waals surface area contributed by atoms with Crippen LogP contribution >= 0.6 is 0 Å². The first-order valence-electron chi connectivity index (χ1n) is 11.4. The number of para-hydroxylation sites is 2. The van der Waals surface area contributed by atoms with Crippen molar-refractivity contribution in [3.05, 3.63) is 64.6 Å². The van der Waals surface area contributed by atoms with Crippen LogP contribution < -0.4 is 15.9 Å². The first-order valence-corrected chi connectivity index (χ1v) is 11.4. The summed E-state index contributed by atoms with van der Waals surface area (Å²) in [5.41, 5.74) is 0.413. The molecule has 10 heteroatoms. The maximum Gasteiger partial charge on any atom is 0.416 e. The molecular weight excluding hydrogens is 447 g/mol. The van der Waals surface area contributed by atoms with Crippen molar-refractivity contribution in [1.82, 2.24) is 19.8 Å². The number of piperidine rings is 1. The predicted octanol–water partition coefficient (Wildman–Crippen LogP) is 3.17. The number of benzene rings is 2. The highest BCUT2D eigenvalue weighted by molar-refractivity contribution is 5.93. The minimum absolute atomic E-state index is 0.127. The Bertz CT molecular complexity index is 1260. The molecule has 1 aromatic heterocycles. The molecule has 2 fully saturated rings. The molecule has 34 heavy (non-hydrogen) atoms. The van der Waals surface area contributed by atoms with E-state index in [0.717, 1.165) is 36.1 Å². The number of imidazole rings is 1. The van der Waals surface area contributed by atoms with Gasteiger partial charge in [0.25, 0.3) is 0 Å². The van der Waals surface area contributed by atoms with E-state index < -0.39 is 17.3 Å². The van der Waals surface area contributed by atoms with Gasteiger partial charge in [-0.3, -0.25) is 9.36 Å². The molecule has 5 rings (SSSR count). The first kappa shape index (κ1) is 22.5. The van der Waals surface area contributed by atoms with Crippen molar-refractivity contribution < 1.29 is 18.0 Å². The fraction of sp³-hybridized carbons (Fsp3) is 0.417. The van der Waals surface area contributed by atoms with Crippen molar-refractivity contribution in [3.8, 4) is 0 Å². The number of aromatic nitrogens is 2. The Labute approximate surface area is 194 Å². The fourth-order valence-corrected chi connectivity index (χ4v) is 5.20. The number of hydrogen-bond donors (Lipinski definition) is 2. The third kappa shape index (κ3) is 3.96. The molecule has 3 aromatic rings.